The van der Waals surface area contributed by atoms with Crippen LogP contribution in [0, 0.1) is 0 Å². The maximum atomic E-state index is 11.7. The fraction of sp³-hybridized carbons (Fsp3) is 0.429. The fourth-order valence-corrected chi connectivity index (χ4v) is 2.33. The van der Waals surface area contributed by atoms with Crippen LogP contribution in [0.3, 0.4) is 0 Å². The molecule has 1 atom stereocenters. The van der Waals surface area contributed by atoms with Crippen molar-refractivity contribution in [3.8, 4) is 0 Å². The average Bonchev–Trinajstić information content (AvgIpc) is 2.39. The molecular formula is C14H18BrNO4. The predicted octanol–water partition coefficient (Wildman–Crippen LogP) is 3.28. The molecule has 20 heavy (non-hydrogen) atoms. The minimum atomic E-state index is -1.55. The molecule has 0 heterocycles. The molecule has 1 aromatic carbocycles. The highest BCUT2D eigenvalue weighted by molar-refractivity contribution is 9.10. The number of nitrogens with one attached hydrogen (secondary N) is 1. The molecule has 1 aromatic rings. The van der Waals surface area contributed by atoms with Crippen molar-refractivity contribution < 1.29 is 19.4 Å². The lowest BCUT2D eigenvalue weighted by atomic mass is 9.92. The lowest BCUT2D eigenvalue weighted by molar-refractivity contribution is -0.144. The summed E-state index contributed by atoms with van der Waals surface area (Å²) in [5.41, 5.74) is -1.09. The molecule has 1 amide bonds. The molecule has 110 valence electrons. The summed E-state index contributed by atoms with van der Waals surface area (Å²) in [5, 5.41) is 11.9. The van der Waals surface area contributed by atoms with E-state index in [1.807, 2.05) is 6.92 Å². The first-order valence-electron chi connectivity index (χ1n) is 6.35. The number of halogens is 1. The van der Waals surface area contributed by atoms with Crippen molar-refractivity contribution in [2.75, 3.05) is 6.61 Å². The molecule has 0 aliphatic heterocycles. The van der Waals surface area contributed by atoms with Crippen LogP contribution in [0.15, 0.2) is 28.7 Å². The number of carboxylic acid groups (broad SMARTS) is 1. The van der Waals surface area contributed by atoms with E-state index in [1.54, 1.807) is 24.3 Å². The Morgan fingerprint density at radius 1 is 1.40 bits per heavy atom. The van der Waals surface area contributed by atoms with Gasteiger partial charge in [0.05, 0.1) is 6.61 Å². The zero-order chi connectivity index (χ0) is 15.2. The van der Waals surface area contributed by atoms with Gasteiger partial charge in [-0.2, -0.15) is 0 Å². The second-order valence-electron chi connectivity index (χ2n) is 4.52. The Balaban J connectivity index is 2.91. The fourth-order valence-electron chi connectivity index (χ4n) is 1.65. The first-order chi connectivity index (χ1) is 9.41. The van der Waals surface area contributed by atoms with Gasteiger partial charge in [0.1, 0.15) is 0 Å². The Morgan fingerprint density at radius 3 is 2.60 bits per heavy atom. The number of ether oxygens (including phenoxy) is 1. The molecule has 1 rings (SSSR count). The monoisotopic (exact) mass is 343 g/mol. The minimum absolute atomic E-state index is 0.272. The topological polar surface area (TPSA) is 75.6 Å². The largest absolute Gasteiger partial charge is 0.479 e. The Bertz CT molecular complexity index is 492. The number of alkyl carbamates (subject to hydrolysis) is 1. The number of carbonyl (C=O) groups excluding carboxylic acids is 1. The van der Waals surface area contributed by atoms with Gasteiger partial charge in [-0.3, -0.25) is 0 Å². The second kappa shape index (κ2) is 7.28. The number of amides is 1. The smallest absolute Gasteiger partial charge is 0.408 e. The number of benzene rings is 1. The van der Waals surface area contributed by atoms with Gasteiger partial charge in [0.15, 0.2) is 5.54 Å². The van der Waals surface area contributed by atoms with Crippen molar-refractivity contribution in [1.82, 2.24) is 5.32 Å². The maximum Gasteiger partial charge on any atom is 0.408 e. The van der Waals surface area contributed by atoms with Crippen molar-refractivity contribution in [2.45, 2.75) is 32.2 Å². The first-order valence-corrected chi connectivity index (χ1v) is 7.14. The lowest BCUT2D eigenvalue weighted by Gasteiger charge is -2.27. The van der Waals surface area contributed by atoms with E-state index < -0.39 is 17.6 Å². The molecule has 5 nitrogen and oxygen atoms in total. The number of hydrogen-bond donors (Lipinski definition) is 2. The zero-order valence-corrected chi connectivity index (χ0v) is 13.1. The summed E-state index contributed by atoms with van der Waals surface area (Å²) in [7, 11) is 0. The maximum absolute atomic E-state index is 11.7. The van der Waals surface area contributed by atoms with E-state index in [4.69, 9.17) is 4.74 Å². The van der Waals surface area contributed by atoms with E-state index in [0.29, 0.717) is 10.0 Å². The number of unbranched alkanes of at least 4 members (excludes halogenated alkanes) is 1. The van der Waals surface area contributed by atoms with Crippen LogP contribution in [0.5, 0.6) is 0 Å². The van der Waals surface area contributed by atoms with Crippen molar-refractivity contribution in [1.29, 1.82) is 0 Å². The Hall–Kier alpha value is -1.56. The van der Waals surface area contributed by atoms with Gasteiger partial charge < -0.3 is 15.2 Å². The van der Waals surface area contributed by atoms with Crippen LogP contribution in [0.25, 0.3) is 0 Å². The molecule has 0 aliphatic carbocycles. The normalized spacial score (nSPS) is 13.3. The summed E-state index contributed by atoms with van der Waals surface area (Å²) in [4.78, 5) is 23.3. The van der Waals surface area contributed by atoms with Gasteiger partial charge in [-0.15, -0.1) is 0 Å². The summed E-state index contributed by atoms with van der Waals surface area (Å²) >= 11 is 3.30. The van der Waals surface area contributed by atoms with Crippen molar-refractivity contribution in [3.63, 3.8) is 0 Å². The molecule has 0 aliphatic rings. The third kappa shape index (κ3) is 3.96. The van der Waals surface area contributed by atoms with Gasteiger partial charge in [-0.05, 0) is 19.4 Å². The molecule has 0 bridgehead atoms. The molecule has 0 fully saturated rings. The standard InChI is InChI=1S/C14H18BrNO4/c1-3-4-9-20-13(19)16-14(2,12(17)18)10-7-5-6-8-11(10)15/h5-8H,3-4,9H2,1-2H3,(H,16,19)(H,17,18). The molecule has 0 saturated carbocycles. The van der Waals surface area contributed by atoms with E-state index in [9.17, 15) is 14.7 Å². The van der Waals surface area contributed by atoms with Gasteiger partial charge in [-0.25, -0.2) is 9.59 Å². The molecule has 1 unspecified atom stereocenters. The number of carboxylic acids is 1. The predicted molar refractivity (Wildman–Crippen MR) is 78.5 cm³/mol. The Morgan fingerprint density at radius 2 is 2.05 bits per heavy atom. The second-order valence-corrected chi connectivity index (χ2v) is 5.38. The highest BCUT2D eigenvalue weighted by Crippen LogP contribution is 2.28. The lowest BCUT2D eigenvalue weighted by Crippen LogP contribution is -2.50. The van der Waals surface area contributed by atoms with Crippen molar-refractivity contribution in [2.24, 2.45) is 0 Å². The third-order valence-electron chi connectivity index (χ3n) is 2.92. The van der Waals surface area contributed by atoms with Crippen LogP contribution < -0.4 is 5.32 Å². The molecule has 0 spiro atoms. The SMILES string of the molecule is CCCCOC(=O)NC(C)(C(=O)O)c1ccccc1Br. The van der Waals surface area contributed by atoms with Gasteiger partial charge in [0, 0.05) is 10.0 Å². The van der Waals surface area contributed by atoms with E-state index in [1.165, 1.54) is 6.92 Å². The molecule has 0 aromatic heterocycles. The summed E-state index contributed by atoms with van der Waals surface area (Å²) in [6.45, 7) is 3.67. The van der Waals surface area contributed by atoms with Gasteiger partial charge in [0.2, 0.25) is 0 Å². The van der Waals surface area contributed by atoms with Crippen LogP contribution in [0.4, 0.5) is 4.79 Å². The molecule has 0 radical (unpaired) electrons. The minimum Gasteiger partial charge on any atom is -0.479 e. The number of aliphatic carboxylic acids is 1. The highest BCUT2D eigenvalue weighted by atomic mass is 79.9. The van der Waals surface area contributed by atoms with Crippen LogP contribution in [0.1, 0.15) is 32.3 Å². The Labute approximate surface area is 126 Å². The molecule has 0 saturated heterocycles. The van der Waals surface area contributed by atoms with E-state index in [0.717, 1.165) is 12.8 Å². The molecular weight excluding hydrogens is 326 g/mol. The summed E-state index contributed by atoms with van der Waals surface area (Å²) in [6, 6.07) is 6.85. The zero-order valence-electron chi connectivity index (χ0n) is 11.5. The third-order valence-corrected chi connectivity index (χ3v) is 3.61. The van der Waals surface area contributed by atoms with Crippen LogP contribution in [0.2, 0.25) is 0 Å². The Kier molecular flexibility index (Phi) is 6.01. The highest BCUT2D eigenvalue weighted by Gasteiger charge is 2.38. The van der Waals surface area contributed by atoms with Crippen molar-refractivity contribution >= 4 is 28.0 Å². The van der Waals surface area contributed by atoms with Crippen LogP contribution in [-0.2, 0) is 15.1 Å². The van der Waals surface area contributed by atoms with E-state index in [2.05, 4.69) is 21.2 Å². The van der Waals surface area contributed by atoms with Crippen LogP contribution >= 0.6 is 15.9 Å². The number of rotatable bonds is 6. The van der Waals surface area contributed by atoms with Gasteiger partial charge in [0.25, 0.3) is 0 Å². The molecule has 6 heteroatoms. The quantitative estimate of drug-likeness (QED) is 0.777. The van der Waals surface area contributed by atoms with E-state index >= 15 is 0 Å². The summed E-state index contributed by atoms with van der Waals surface area (Å²) < 4.78 is 5.57. The van der Waals surface area contributed by atoms with Crippen molar-refractivity contribution in [3.05, 3.63) is 34.3 Å². The van der Waals surface area contributed by atoms with Crippen LogP contribution in [-0.4, -0.2) is 23.8 Å². The van der Waals surface area contributed by atoms with Gasteiger partial charge >= 0.3 is 12.1 Å². The van der Waals surface area contributed by atoms with Gasteiger partial charge in [-0.1, -0.05) is 47.5 Å². The molecule has 2 N–H and O–H groups in total. The summed E-state index contributed by atoms with van der Waals surface area (Å²) in [6.07, 6.45) is 0.902. The first kappa shape index (κ1) is 16.5. The summed E-state index contributed by atoms with van der Waals surface area (Å²) in [5.74, 6) is -1.16. The number of hydrogen-bond acceptors (Lipinski definition) is 3. The van der Waals surface area contributed by atoms with E-state index in [-0.39, 0.29) is 6.61 Å². The number of carbonyl (C=O) groups is 2. The average molecular weight is 344 g/mol.